The molecule has 2 heterocycles. The van der Waals surface area contributed by atoms with Gasteiger partial charge in [-0.2, -0.15) is 5.10 Å². The zero-order valence-electron chi connectivity index (χ0n) is 14.8. The number of amides is 1. The lowest BCUT2D eigenvalue weighted by atomic mass is 9.96. The van der Waals surface area contributed by atoms with E-state index in [9.17, 15) is 4.79 Å². The van der Waals surface area contributed by atoms with Crippen molar-refractivity contribution in [1.29, 1.82) is 0 Å². The Hall–Kier alpha value is -2.41. The highest BCUT2D eigenvalue weighted by Crippen LogP contribution is 2.25. The van der Waals surface area contributed by atoms with E-state index >= 15 is 0 Å². The topological polar surface area (TPSA) is 83.1 Å². The van der Waals surface area contributed by atoms with Gasteiger partial charge >= 0.3 is 0 Å². The predicted molar refractivity (Wildman–Crippen MR) is 95.8 cm³/mol. The van der Waals surface area contributed by atoms with E-state index < -0.39 is 0 Å². The number of carbonyl (C=O) groups excluding carboxylic acids is 1. The van der Waals surface area contributed by atoms with E-state index in [1.54, 1.807) is 7.11 Å². The van der Waals surface area contributed by atoms with E-state index in [-0.39, 0.29) is 5.91 Å². The summed E-state index contributed by atoms with van der Waals surface area (Å²) in [7, 11) is 1.62. The maximum atomic E-state index is 12.2. The molecule has 1 aromatic carbocycles. The second kappa shape index (κ2) is 8.11. The molecule has 1 amide bonds. The molecule has 2 N–H and O–H groups in total. The molecule has 25 heavy (non-hydrogen) atoms. The second-order valence-corrected chi connectivity index (χ2v) is 6.32. The van der Waals surface area contributed by atoms with Crippen molar-refractivity contribution in [3.05, 3.63) is 35.9 Å². The quantitative estimate of drug-likeness (QED) is 0.840. The van der Waals surface area contributed by atoms with Crippen molar-refractivity contribution in [2.24, 2.45) is 0 Å². The second-order valence-electron chi connectivity index (χ2n) is 6.32. The molecule has 2 aromatic rings. The van der Waals surface area contributed by atoms with Crippen molar-refractivity contribution in [3.63, 3.8) is 0 Å². The summed E-state index contributed by atoms with van der Waals surface area (Å²) in [5.74, 6) is 3.03. The molecule has 1 fully saturated rings. The maximum absolute atomic E-state index is 12.2. The van der Waals surface area contributed by atoms with Gasteiger partial charge in [-0.15, -0.1) is 0 Å². The summed E-state index contributed by atoms with van der Waals surface area (Å²) < 4.78 is 5.12. The number of ether oxygens (including phenoxy) is 1. The minimum Gasteiger partial charge on any atom is -0.497 e. The summed E-state index contributed by atoms with van der Waals surface area (Å²) in [6.07, 6.45) is 2.84. The first-order valence-electron chi connectivity index (χ1n) is 8.75. The van der Waals surface area contributed by atoms with Gasteiger partial charge in [-0.1, -0.05) is 6.92 Å². The number of H-pyrrole nitrogens is 1. The molecule has 1 saturated heterocycles. The monoisotopic (exact) mass is 343 g/mol. The molecule has 0 bridgehead atoms. The lowest BCUT2D eigenvalue weighted by Crippen LogP contribution is -2.38. The summed E-state index contributed by atoms with van der Waals surface area (Å²) in [5.41, 5.74) is 0.786. The van der Waals surface area contributed by atoms with E-state index in [0.29, 0.717) is 12.5 Å². The molecule has 0 aliphatic carbocycles. The summed E-state index contributed by atoms with van der Waals surface area (Å²) in [6.45, 7) is 4.24. The highest BCUT2D eigenvalue weighted by atomic mass is 16.5. The van der Waals surface area contributed by atoms with Crippen LogP contribution >= 0.6 is 0 Å². The summed E-state index contributed by atoms with van der Waals surface area (Å²) in [5, 5.41) is 10.2. The van der Waals surface area contributed by atoms with Crippen LogP contribution in [0.1, 0.15) is 37.3 Å². The Morgan fingerprint density at radius 1 is 1.32 bits per heavy atom. The molecule has 1 aliphatic rings. The zero-order chi connectivity index (χ0) is 17.6. The molecule has 0 spiro atoms. The Morgan fingerprint density at radius 2 is 2.04 bits per heavy atom. The molecule has 0 radical (unpaired) electrons. The summed E-state index contributed by atoms with van der Waals surface area (Å²) in [4.78, 5) is 18.9. The van der Waals surface area contributed by atoms with Gasteiger partial charge in [-0.05, 0) is 50.2 Å². The third kappa shape index (κ3) is 4.57. The van der Waals surface area contributed by atoms with Crippen LogP contribution in [0.2, 0.25) is 0 Å². The predicted octanol–water partition coefficient (Wildman–Crippen LogP) is 2.19. The van der Waals surface area contributed by atoms with Crippen molar-refractivity contribution in [2.75, 3.05) is 32.1 Å². The normalized spacial score (nSPS) is 15.9. The number of hydrogen-bond acceptors (Lipinski definition) is 5. The van der Waals surface area contributed by atoms with Crippen LogP contribution in [0.3, 0.4) is 0 Å². The summed E-state index contributed by atoms with van der Waals surface area (Å²) >= 11 is 0. The Kier molecular flexibility index (Phi) is 5.65. The molecule has 1 aromatic heterocycles. The number of nitrogens with one attached hydrogen (secondary N) is 2. The number of rotatable bonds is 6. The molecule has 1 aliphatic heterocycles. The molecule has 134 valence electrons. The first-order chi connectivity index (χ1) is 12.2. The number of carbonyl (C=O) groups is 1. The largest absolute Gasteiger partial charge is 0.497 e. The minimum absolute atomic E-state index is 0.00906. The Labute approximate surface area is 147 Å². The van der Waals surface area contributed by atoms with E-state index in [2.05, 4.69) is 32.3 Å². The van der Waals surface area contributed by atoms with Crippen molar-refractivity contribution in [2.45, 2.75) is 32.1 Å². The van der Waals surface area contributed by atoms with Gasteiger partial charge in [0, 0.05) is 18.0 Å². The van der Waals surface area contributed by atoms with E-state index in [1.165, 1.54) is 0 Å². The number of aryl methyl sites for hydroxylation is 1. The number of aromatic amines is 1. The van der Waals surface area contributed by atoms with Crippen LogP contribution in [0.25, 0.3) is 0 Å². The van der Waals surface area contributed by atoms with Crippen LogP contribution < -0.4 is 10.1 Å². The van der Waals surface area contributed by atoms with Crippen molar-refractivity contribution < 1.29 is 9.53 Å². The number of benzene rings is 1. The lowest BCUT2D eigenvalue weighted by molar-refractivity contribution is -0.117. The van der Waals surface area contributed by atoms with E-state index in [0.717, 1.165) is 55.4 Å². The maximum Gasteiger partial charge on any atom is 0.238 e. The smallest absolute Gasteiger partial charge is 0.238 e. The van der Waals surface area contributed by atoms with Gasteiger partial charge in [-0.3, -0.25) is 14.8 Å². The molecule has 3 rings (SSSR count). The van der Waals surface area contributed by atoms with E-state index in [1.807, 2.05) is 24.3 Å². The van der Waals surface area contributed by atoms with Crippen LogP contribution in [0, 0.1) is 0 Å². The number of nitrogens with zero attached hydrogens (tertiary/aromatic N) is 3. The fourth-order valence-corrected chi connectivity index (χ4v) is 3.08. The standard InChI is InChI=1S/C18H25N5O2/c1-3-16-20-18(22-21-16)13-8-10-23(11-9-13)12-17(24)19-14-4-6-15(25-2)7-5-14/h4-7,13H,3,8-12H2,1-2H3,(H,19,24)(H,20,21,22). The molecular weight excluding hydrogens is 318 g/mol. The van der Waals surface area contributed by atoms with E-state index in [4.69, 9.17) is 4.74 Å². The molecule has 7 heteroatoms. The third-order valence-electron chi connectivity index (χ3n) is 4.58. The van der Waals surface area contributed by atoms with Crippen LogP contribution in [0.15, 0.2) is 24.3 Å². The average molecular weight is 343 g/mol. The molecular formula is C18H25N5O2. The Bertz CT molecular complexity index is 690. The van der Waals surface area contributed by atoms with Crippen LogP contribution in [0.4, 0.5) is 5.69 Å². The van der Waals surface area contributed by atoms with Crippen LogP contribution in [0.5, 0.6) is 5.75 Å². The van der Waals surface area contributed by atoms with Crippen LogP contribution in [-0.4, -0.2) is 52.7 Å². The number of piperidine rings is 1. The van der Waals surface area contributed by atoms with Gasteiger partial charge < -0.3 is 10.1 Å². The van der Waals surface area contributed by atoms with Gasteiger partial charge in [0.15, 0.2) is 5.82 Å². The molecule has 0 saturated carbocycles. The number of methoxy groups -OCH3 is 1. The van der Waals surface area contributed by atoms with Gasteiger partial charge in [0.1, 0.15) is 11.6 Å². The van der Waals surface area contributed by atoms with Crippen molar-refractivity contribution in [3.8, 4) is 5.75 Å². The van der Waals surface area contributed by atoms with Crippen molar-refractivity contribution >= 4 is 11.6 Å². The molecule has 7 nitrogen and oxygen atoms in total. The number of aromatic nitrogens is 3. The lowest BCUT2D eigenvalue weighted by Gasteiger charge is -2.30. The SMILES string of the molecule is CCc1nc(C2CCN(CC(=O)Nc3ccc(OC)cc3)CC2)n[nH]1. The van der Waals surface area contributed by atoms with Gasteiger partial charge in [0.25, 0.3) is 0 Å². The number of likely N-dealkylation sites (tertiary alicyclic amines) is 1. The minimum atomic E-state index is 0.00906. The Balaban J connectivity index is 1.45. The zero-order valence-corrected chi connectivity index (χ0v) is 14.8. The average Bonchev–Trinajstić information content (AvgIpc) is 3.12. The van der Waals surface area contributed by atoms with Gasteiger partial charge in [-0.25, -0.2) is 4.98 Å². The first kappa shape index (κ1) is 17.4. The fraction of sp³-hybridized carbons (Fsp3) is 0.500. The Morgan fingerprint density at radius 3 is 2.64 bits per heavy atom. The molecule has 0 atom stereocenters. The first-order valence-corrected chi connectivity index (χ1v) is 8.75. The number of anilines is 1. The number of hydrogen-bond donors (Lipinski definition) is 2. The highest BCUT2D eigenvalue weighted by molar-refractivity contribution is 5.92. The van der Waals surface area contributed by atoms with Crippen LogP contribution in [-0.2, 0) is 11.2 Å². The third-order valence-corrected chi connectivity index (χ3v) is 4.58. The van der Waals surface area contributed by atoms with Crippen molar-refractivity contribution in [1.82, 2.24) is 20.1 Å². The summed E-state index contributed by atoms with van der Waals surface area (Å²) in [6, 6.07) is 7.36. The highest BCUT2D eigenvalue weighted by Gasteiger charge is 2.24. The van der Waals surface area contributed by atoms with Gasteiger partial charge in [0.2, 0.25) is 5.91 Å². The molecule has 0 unspecified atom stereocenters. The fourth-order valence-electron chi connectivity index (χ4n) is 3.08. The van der Waals surface area contributed by atoms with Gasteiger partial charge in [0.05, 0.1) is 13.7 Å².